The van der Waals surface area contributed by atoms with Crippen LogP contribution in [0.4, 0.5) is 0 Å². The number of methoxy groups -OCH3 is 1. The van der Waals surface area contributed by atoms with E-state index >= 15 is 0 Å². The summed E-state index contributed by atoms with van der Waals surface area (Å²) in [4.78, 5) is 17.5. The molecule has 2 heterocycles. The summed E-state index contributed by atoms with van der Waals surface area (Å²) in [5.41, 5.74) is 6.07. The summed E-state index contributed by atoms with van der Waals surface area (Å²) in [6.45, 7) is 2.33. The minimum Gasteiger partial charge on any atom is -0.495 e. The van der Waals surface area contributed by atoms with Crippen molar-refractivity contribution in [1.29, 1.82) is 0 Å². The van der Waals surface area contributed by atoms with Crippen LogP contribution in [-0.2, 0) is 13.6 Å². The van der Waals surface area contributed by atoms with Gasteiger partial charge in [0.05, 0.1) is 18.3 Å². The maximum Gasteiger partial charge on any atom is 0.252 e. The van der Waals surface area contributed by atoms with Gasteiger partial charge in [0.1, 0.15) is 5.75 Å². The molecule has 7 heteroatoms. The minimum atomic E-state index is -0.182. The van der Waals surface area contributed by atoms with Gasteiger partial charge in [-0.25, -0.2) is 0 Å². The number of pyridine rings is 1. The van der Waals surface area contributed by atoms with Gasteiger partial charge < -0.3 is 10.1 Å². The van der Waals surface area contributed by atoms with Gasteiger partial charge in [-0.05, 0) is 53.4 Å². The number of carbonyl (C=O) groups is 1. The molecule has 0 saturated heterocycles. The lowest BCUT2D eigenvalue weighted by atomic mass is 9.96. The van der Waals surface area contributed by atoms with E-state index in [0.717, 1.165) is 33.4 Å². The molecule has 0 aliphatic heterocycles. The smallest absolute Gasteiger partial charge is 0.252 e. The van der Waals surface area contributed by atoms with Gasteiger partial charge in [-0.3, -0.25) is 14.5 Å². The topological polar surface area (TPSA) is 69.0 Å². The molecule has 0 fully saturated rings. The number of amides is 1. The molecule has 32 heavy (non-hydrogen) atoms. The molecule has 0 aliphatic rings. The van der Waals surface area contributed by atoms with Crippen molar-refractivity contribution in [3.63, 3.8) is 0 Å². The van der Waals surface area contributed by atoms with Crippen molar-refractivity contribution in [1.82, 2.24) is 20.1 Å². The van der Waals surface area contributed by atoms with Crippen molar-refractivity contribution >= 4 is 17.5 Å². The van der Waals surface area contributed by atoms with E-state index in [9.17, 15) is 4.79 Å². The molecule has 0 radical (unpaired) electrons. The Morgan fingerprint density at radius 2 is 1.91 bits per heavy atom. The van der Waals surface area contributed by atoms with Crippen molar-refractivity contribution in [2.45, 2.75) is 13.5 Å². The Bertz CT molecular complexity index is 1280. The lowest BCUT2D eigenvalue weighted by molar-refractivity contribution is 0.0951. The Morgan fingerprint density at radius 1 is 1.06 bits per heavy atom. The first-order valence-electron chi connectivity index (χ1n) is 10.1. The van der Waals surface area contributed by atoms with Crippen LogP contribution in [0.25, 0.3) is 22.3 Å². The number of nitrogens with zero attached hydrogens (tertiary/aromatic N) is 3. The normalized spacial score (nSPS) is 10.8. The maximum absolute atomic E-state index is 13.3. The first-order chi connectivity index (χ1) is 15.4. The van der Waals surface area contributed by atoms with E-state index in [1.165, 1.54) is 0 Å². The third kappa shape index (κ3) is 4.65. The van der Waals surface area contributed by atoms with E-state index in [-0.39, 0.29) is 5.91 Å². The predicted molar refractivity (Wildman–Crippen MR) is 126 cm³/mol. The summed E-state index contributed by atoms with van der Waals surface area (Å²) < 4.78 is 6.91. The number of hydrogen-bond acceptors (Lipinski definition) is 4. The molecule has 0 atom stereocenters. The summed E-state index contributed by atoms with van der Waals surface area (Å²) in [7, 11) is 3.42. The number of halogens is 1. The molecule has 2 aromatic heterocycles. The van der Waals surface area contributed by atoms with Gasteiger partial charge in [0.2, 0.25) is 0 Å². The van der Waals surface area contributed by atoms with Crippen LogP contribution < -0.4 is 10.1 Å². The molecule has 0 unspecified atom stereocenters. The Labute approximate surface area is 191 Å². The molecule has 0 saturated carbocycles. The fraction of sp³-hybridized carbons (Fsp3) is 0.160. The van der Waals surface area contributed by atoms with E-state index < -0.39 is 0 Å². The van der Waals surface area contributed by atoms with Gasteiger partial charge in [0.15, 0.2) is 0 Å². The predicted octanol–water partition coefficient (Wildman–Crippen LogP) is 5.05. The Balaban J connectivity index is 1.67. The van der Waals surface area contributed by atoms with Crippen LogP contribution in [0.15, 0.2) is 67.3 Å². The lowest BCUT2D eigenvalue weighted by Crippen LogP contribution is -2.23. The number of ether oxygens (including phenoxy) is 1. The molecular formula is C25H23ClN4O2. The van der Waals surface area contributed by atoms with Crippen LogP contribution in [0.1, 0.15) is 21.5 Å². The van der Waals surface area contributed by atoms with Gasteiger partial charge in [-0.2, -0.15) is 5.10 Å². The summed E-state index contributed by atoms with van der Waals surface area (Å²) in [5.74, 6) is 0.415. The van der Waals surface area contributed by atoms with Crippen LogP contribution in [0.5, 0.6) is 5.75 Å². The Kier molecular flexibility index (Phi) is 6.23. The number of rotatable bonds is 6. The highest BCUT2D eigenvalue weighted by molar-refractivity contribution is 6.32. The molecule has 0 spiro atoms. The highest BCUT2D eigenvalue weighted by Crippen LogP contribution is 2.29. The van der Waals surface area contributed by atoms with E-state index in [1.54, 1.807) is 42.5 Å². The van der Waals surface area contributed by atoms with E-state index in [2.05, 4.69) is 15.4 Å². The molecule has 1 N–H and O–H groups in total. The van der Waals surface area contributed by atoms with Crippen molar-refractivity contribution in [2.75, 3.05) is 7.11 Å². The molecule has 2 aromatic carbocycles. The Hall–Kier alpha value is -3.64. The molecule has 4 aromatic rings. The number of carbonyl (C=O) groups excluding carboxylic acids is 1. The van der Waals surface area contributed by atoms with Crippen LogP contribution >= 0.6 is 11.6 Å². The summed E-state index contributed by atoms with van der Waals surface area (Å²) in [6, 6.07) is 13.4. The Morgan fingerprint density at radius 3 is 2.59 bits per heavy atom. The number of aromatic nitrogens is 3. The fourth-order valence-electron chi connectivity index (χ4n) is 3.53. The second-order valence-electron chi connectivity index (χ2n) is 7.57. The third-order valence-corrected chi connectivity index (χ3v) is 5.45. The number of aryl methyl sites for hydroxylation is 2. The van der Waals surface area contributed by atoms with Crippen molar-refractivity contribution in [3.05, 3.63) is 89.0 Å². The molecule has 0 bridgehead atoms. The zero-order chi connectivity index (χ0) is 22.7. The van der Waals surface area contributed by atoms with Crippen LogP contribution in [0.3, 0.4) is 0 Å². The summed E-state index contributed by atoms with van der Waals surface area (Å²) in [6.07, 6.45) is 7.25. The standard InChI is InChI=1S/C25H23ClN4O2/c1-16-8-19(13-27-11-16)18-5-6-21(20-14-29-30(2)15-20)22(10-18)25(31)28-12-17-4-7-24(32-3)23(26)9-17/h4-11,13-15H,12H2,1-3H3,(H,28,31). The SMILES string of the molecule is COc1ccc(CNC(=O)c2cc(-c3cncc(C)c3)ccc2-c2cnn(C)c2)cc1Cl. The number of nitrogens with one attached hydrogen (secondary N) is 1. The van der Waals surface area contributed by atoms with Gasteiger partial charge in [0.25, 0.3) is 5.91 Å². The van der Waals surface area contributed by atoms with E-state index in [1.807, 2.05) is 50.5 Å². The second kappa shape index (κ2) is 9.24. The highest BCUT2D eigenvalue weighted by atomic mass is 35.5. The van der Waals surface area contributed by atoms with E-state index in [0.29, 0.717) is 22.9 Å². The number of hydrogen-bond donors (Lipinski definition) is 1. The van der Waals surface area contributed by atoms with Crippen LogP contribution in [-0.4, -0.2) is 27.8 Å². The van der Waals surface area contributed by atoms with Crippen molar-refractivity contribution in [3.8, 4) is 28.0 Å². The van der Waals surface area contributed by atoms with Gasteiger partial charge >= 0.3 is 0 Å². The highest BCUT2D eigenvalue weighted by Gasteiger charge is 2.16. The third-order valence-electron chi connectivity index (χ3n) is 5.16. The van der Waals surface area contributed by atoms with E-state index in [4.69, 9.17) is 16.3 Å². The average Bonchev–Trinajstić information content (AvgIpc) is 3.23. The zero-order valence-corrected chi connectivity index (χ0v) is 18.8. The lowest BCUT2D eigenvalue weighted by Gasteiger charge is -2.13. The summed E-state index contributed by atoms with van der Waals surface area (Å²) in [5, 5.41) is 7.76. The minimum absolute atomic E-state index is 0.182. The molecule has 0 aliphatic carbocycles. The fourth-order valence-corrected chi connectivity index (χ4v) is 3.81. The van der Waals surface area contributed by atoms with Gasteiger partial charge in [-0.15, -0.1) is 0 Å². The average molecular weight is 447 g/mol. The van der Waals surface area contributed by atoms with Crippen LogP contribution in [0, 0.1) is 6.92 Å². The summed E-state index contributed by atoms with van der Waals surface area (Å²) >= 11 is 6.22. The molecule has 6 nitrogen and oxygen atoms in total. The van der Waals surface area contributed by atoms with Crippen LogP contribution in [0.2, 0.25) is 5.02 Å². The number of benzene rings is 2. The quantitative estimate of drug-likeness (QED) is 0.450. The zero-order valence-electron chi connectivity index (χ0n) is 18.1. The molecule has 162 valence electrons. The molecule has 4 rings (SSSR count). The van der Waals surface area contributed by atoms with Crippen molar-refractivity contribution < 1.29 is 9.53 Å². The van der Waals surface area contributed by atoms with Gasteiger partial charge in [-0.1, -0.05) is 29.8 Å². The molecule has 1 amide bonds. The second-order valence-corrected chi connectivity index (χ2v) is 7.97. The first-order valence-corrected chi connectivity index (χ1v) is 10.5. The first kappa shape index (κ1) is 21.6. The molecular weight excluding hydrogens is 424 g/mol. The van der Waals surface area contributed by atoms with Gasteiger partial charge in [0, 0.05) is 48.9 Å². The monoisotopic (exact) mass is 446 g/mol. The van der Waals surface area contributed by atoms with Crippen molar-refractivity contribution in [2.24, 2.45) is 7.05 Å². The largest absolute Gasteiger partial charge is 0.495 e. The maximum atomic E-state index is 13.3.